The number of anilines is 1. The molecule has 0 aromatic heterocycles. The van der Waals surface area contributed by atoms with Crippen molar-refractivity contribution in [3.63, 3.8) is 0 Å². The van der Waals surface area contributed by atoms with E-state index in [0.717, 1.165) is 68.9 Å². The molecule has 0 bridgehead atoms. The number of methoxy groups -OCH3 is 1. The number of benzene rings is 2. The molecule has 0 aliphatic heterocycles. The first-order chi connectivity index (χ1) is 22.2. The van der Waals surface area contributed by atoms with Crippen LogP contribution in [0.25, 0.3) is 0 Å². The molecular weight excluding hydrogens is 594 g/mol. The van der Waals surface area contributed by atoms with Gasteiger partial charge in [-0.3, -0.25) is 19.7 Å². The Morgan fingerprint density at radius 2 is 1.32 bits per heavy atom. The van der Waals surface area contributed by atoms with Gasteiger partial charge >= 0.3 is 6.09 Å². The molecule has 9 heteroatoms. The summed E-state index contributed by atoms with van der Waals surface area (Å²) in [7, 11) is 1.25. The van der Waals surface area contributed by atoms with E-state index in [-0.39, 0.29) is 52.7 Å². The van der Waals surface area contributed by atoms with Crippen molar-refractivity contribution in [2.75, 3.05) is 19.0 Å². The third-order valence-corrected chi connectivity index (χ3v) is 12.8. The maximum absolute atomic E-state index is 14.4. The zero-order valence-electron chi connectivity index (χ0n) is 28.4. The molecule has 6 rings (SSSR count). The van der Waals surface area contributed by atoms with Crippen molar-refractivity contribution < 1.29 is 29.0 Å². The summed E-state index contributed by atoms with van der Waals surface area (Å²) in [6.07, 6.45) is 7.75. The second kappa shape index (κ2) is 12.0. The minimum absolute atomic E-state index is 0.0185. The lowest BCUT2D eigenvalue weighted by Crippen LogP contribution is -2.60. The van der Waals surface area contributed by atoms with Gasteiger partial charge in [-0.1, -0.05) is 52.7 Å². The fourth-order valence-electron chi connectivity index (χ4n) is 10.3. The number of ether oxygens (including phenoxy) is 1. The van der Waals surface area contributed by atoms with Crippen molar-refractivity contribution in [3.05, 3.63) is 58.7 Å². The zero-order chi connectivity index (χ0) is 33.8. The molecule has 6 atom stereocenters. The third kappa shape index (κ3) is 5.49. The van der Waals surface area contributed by atoms with Crippen molar-refractivity contribution in [1.29, 1.82) is 0 Å². The van der Waals surface area contributed by atoms with Crippen LogP contribution in [0.2, 0.25) is 0 Å². The van der Waals surface area contributed by atoms with Crippen molar-refractivity contribution in [3.8, 4) is 5.75 Å². The van der Waals surface area contributed by atoms with Gasteiger partial charge in [0.25, 0.3) is 0 Å². The third-order valence-electron chi connectivity index (χ3n) is 12.8. The van der Waals surface area contributed by atoms with Gasteiger partial charge in [0.05, 0.1) is 17.9 Å². The van der Waals surface area contributed by atoms with Gasteiger partial charge in [-0.25, -0.2) is 4.79 Å². The van der Waals surface area contributed by atoms with Gasteiger partial charge in [-0.15, -0.1) is 0 Å². The van der Waals surface area contributed by atoms with Gasteiger partial charge in [-0.2, -0.15) is 0 Å². The molecule has 4 aliphatic rings. The zero-order valence-corrected chi connectivity index (χ0v) is 28.4. The van der Waals surface area contributed by atoms with Crippen LogP contribution in [0.4, 0.5) is 10.5 Å². The number of imide groups is 1. The molecular formula is C38H49N3O6. The molecule has 47 heavy (non-hydrogen) atoms. The number of nitrogens with one attached hydrogen (secondary N) is 3. The van der Waals surface area contributed by atoms with Crippen molar-refractivity contribution in [1.82, 2.24) is 10.6 Å². The molecule has 2 aromatic rings. The summed E-state index contributed by atoms with van der Waals surface area (Å²) >= 11 is 0. The lowest BCUT2D eigenvalue weighted by molar-refractivity contribution is -0.150. The fourth-order valence-corrected chi connectivity index (χ4v) is 10.3. The predicted molar refractivity (Wildman–Crippen MR) is 179 cm³/mol. The Morgan fingerprint density at radius 1 is 0.787 bits per heavy atom. The van der Waals surface area contributed by atoms with E-state index in [1.807, 2.05) is 38.1 Å². The molecule has 252 valence electrons. The Kier molecular flexibility index (Phi) is 8.42. The molecule has 0 heterocycles. The lowest BCUT2D eigenvalue weighted by Gasteiger charge is -2.56. The predicted octanol–water partition coefficient (Wildman–Crippen LogP) is 6.05. The monoisotopic (exact) mass is 643 g/mol. The van der Waals surface area contributed by atoms with E-state index in [4.69, 9.17) is 0 Å². The number of rotatable bonds is 5. The summed E-state index contributed by atoms with van der Waals surface area (Å²) < 4.78 is 4.55. The van der Waals surface area contributed by atoms with E-state index in [1.54, 1.807) is 6.07 Å². The Hall–Kier alpha value is -3.88. The number of carbonyl (C=O) groups excluding carboxylic acids is 4. The van der Waals surface area contributed by atoms with Gasteiger partial charge in [-0.05, 0) is 121 Å². The van der Waals surface area contributed by atoms with Gasteiger partial charge in [0.15, 0.2) is 0 Å². The van der Waals surface area contributed by atoms with E-state index >= 15 is 0 Å². The Balaban J connectivity index is 1.22. The van der Waals surface area contributed by atoms with Gasteiger partial charge in [0.2, 0.25) is 17.7 Å². The molecule has 0 unspecified atom stereocenters. The minimum Gasteiger partial charge on any atom is -0.508 e. The Morgan fingerprint density at radius 3 is 1.87 bits per heavy atom. The summed E-state index contributed by atoms with van der Waals surface area (Å²) in [4.78, 5) is 52.7. The SMILES string of the molecule is COC(=O)NCC(=O)Nc1ccc2c(c1)[C@@]1(C)CCC[C@](C)(C(=O)NC(=O)[C@@]3(C)CCC[C@]4(C)c5cc(O)ccc5CC[C@@H]34)[C@@H]1CC2. The first kappa shape index (κ1) is 33.0. The van der Waals surface area contributed by atoms with Crippen LogP contribution in [0.5, 0.6) is 5.75 Å². The molecule has 4 aliphatic carbocycles. The maximum atomic E-state index is 14.4. The standard InChI is InChI=1S/C38H49N3O6/c1-35-16-6-18-37(3,29(35)14-10-23-8-12-25(20-27(23)35)40-31(43)22-39-34(46)47-5)32(44)41-33(45)38(4)19-7-17-36(2)28-21-26(42)13-9-24(28)11-15-30(36)38/h8-9,12-13,20-21,29-30,42H,6-7,10-11,14-19,22H2,1-5H3,(H,39,46)(H,40,43)(H,41,44,45)/t29-,30-,35-,36-,37+,38+/m1/s1. The van der Waals surface area contributed by atoms with E-state index < -0.39 is 16.9 Å². The van der Waals surface area contributed by atoms with Crippen LogP contribution in [0, 0.1) is 22.7 Å². The largest absolute Gasteiger partial charge is 0.508 e. The number of carbonyl (C=O) groups is 4. The highest BCUT2D eigenvalue weighted by Crippen LogP contribution is 2.59. The van der Waals surface area contributed by atoms with Crippen LogP contribution in [0.1, 0.15) is 101 Å². The number of hydrogen-bond acceptors (Lipinski definition) is 6. The summed E-state index contributed by atoms with van der Waals surface area (Å²) in [5.74, 6) is -0.368. The van der Waals surface area contributed by atoms with Crippen LogP contribution in [0.3, 0.4) is 0 Å². The second-order valence-electron chi connectivity index (χ2n) is 15.4. The Bertz CT molecular complexity index is 1620. The number of phenolic OH excluding ortho intramolecular Hbond substituents is 1. The Labute approximate surface area is 277 Å². The molecule has 4 N–H and O–H groups in total. The van der Waals surface area contributed by atoms with Crippen molar-refractivity contribution >= 4 is 29.5 Å². The second-order valence-corrected chi connectivity index (χ2v) is 15.4. The van der Waals surface area contributed by atoms with Crippen molar-refractivity contribution in [2.24, 2.45) is 22.7 Å². The first-order valence-corrected chi connectivity index (χ1v) is 17.2. The van der Waals surface area contributed by atoms with Gasteiger partial charge in [0.1, 0.15) is 12.3 Å². The van der Waals surface area contributed by atoms with Crippen LogP contribution in [0.15, 0.2) is 36.4 Å². The average molecular weight is 644 g/mol. The fraction of sp³-hybridized carbons (Fsp3) is 0.579. The van der Waals surface area contributed by atoms with E-state index in [9.17, 15) is 24.3 Å². The van der Waals surface area contributed by atoms with Crippen LogP contribution in [-0.2, 0) is 42.8 Å². The molecule has 2 fully saturated rings. The minimum atomic E-state index is -0.733. The molecule has 9 nitrogen and oxygen atoms in total. The quantitative estimate of drug-likeness (QED) is 0.293. The molecule has 0 spiro atoms. The normalized spacial score (nSPS) is 32.4. The first-order valence-electron chi connectivity index (χ1n) is 17.2. The van der Waals surface area contributed by atoms with Crippen LogP contribution < -0.4 is 16.0 Å². The molecule has 0 radical (unpaired) electrons. The van der Waals surface area contributed by atoms with Crippen molar-refractivity contribution in [2.45, 2.75) is 103 Å². The number of aryl methyl sites for hydroxylation is 2. The maximum Gasteiger partial charge on any atom is 0.407 e. The number of alkyl carbamates (subject to hydrolysis) is 1. The van der Waals surface area contributed by atoms with Crippen LogP contribution in [-0.4, -0.2) is 42.6 Å². The molecule has 0 saturated heterocycles. The van der Waals surface area contributed by atoms with Crippen LogP contribution >= 0.6 is 0 Å². The van der Waals surface area contributed by atoms with Gasteiger partial charge < -0.3 is 20.5 Å². The summed E-state index contributed by atoms with van der Waals surface area (Å²) in [6, 6.07) is 11.6. The van der Waals surface area contributed by atoms with E-state index in [2.05, 4.69) is 40.6 Å². The highest BCUT2D eigenvalue weighted by molar-refractivity contribution is 6.01. The van der Waals surface area contributed by atoms with Gasteiger partial charge in [0, 0.05) is 5.69 Å². The molecule has 2 saturated carbocycles. The molecule has 4 amide bonds. The number of phenols is 1. The average Bonchev–Trinajstić information content (AvgIpc) is 3.03. The number of hydrogen-bond donors (Lipinski definition) is 4. The summed E-state index contributed by atoms with van der Waals surface area (Å²) in [5, 5.41) is 18.6. The highest BCUT2D eigenvalue weighted by Gasteiger charge is 2.58. The smallest absolute Gasteiger partial charge is 0.407 e. The molecule has 2 aromatic carbocycles. The number of aromatic hydroxyl groups is 1. The number of fused-ring (bicyclic) bond motifs is 6. The lowest BCUT2D eigenvalue weighted by atomic mass is 9.49. The highest BCUT2D eigenvalue weighted by atomic mass is 16.5. The number of amides is 4. The topological polar surface area (TPSA) is 134 Å². The van der Waals surface area contributed by atoms with E-state index in [1.165, 1.54) is 18.2 Å². The summed E-state index contributed by atoms with van der Waals surface area (Å²) in [5.41, 5.74) is 3.39. The van der Waals surface area contributed by atoms with E-state index in [0.29, 0.717) is 12.1 Å². The summed E-state index contributed by atoms with van der Waals surface area (Å²) in [6.45, 7) is 8.35.